The van der Waals surface area contributed by atoms with E-state index in [1.165, 1.54) is 41.7 Å². The lowest BCUT2D eigenvalue weighted by Crippen LogP contribution is -2.33. The van der Waals surface area contributed by atoms with Crippen LogP contribution < -0.4 is 0 Å². The first-order valence-electron chi connectivity index (χ1n) is 10.8. The molecule has 2 aliphatic rings. The molecule has 152 valence electrons. The summed E-state index contributed by atoms with van der Waals surface area (Å²) >= 11 is 0. The fourth-order valence-corrected chi connectivity index (χ4v) is 4.75. The van der Waals surface area contributed by atoms with Crippen LogP contribution in [0.4, 0.5) is 4.39 Å². The van der Waals surface area contributed by atoms with E-state index < -0.39 is 0 Å². The molecule has 3 nitrogen and oxygen atoms in total. The maximum absolute atomic E-state index is 13.5. The lowest BCUT2D eigenvalue weighted by molar-refractivity contribution is 0.299. The van der Waals surface area contributed by atoms with Gasteiger partial charge in [-0.2, -0.15) is 0 Å². The summed E-state index contributed by atoms with van der Waals surface area (Å²) in [6.07, 6.45) is 14.1. The van der Waals surface area contributed by atoms with Crippen LogP contribution in [0.1, 0.15) is 31.7 Å². The van der Waals surface area contributed by atoms with Gasteiger partial charge in [-0.3, -0.25) is 9.88 Å². The van der Waals surface area contributed by atoms with E-state index in [2.05, 4.69) is 40.1 Å². The summed E-state index contributed by atoms with van der Waals surface area (Å²) in [4.78, 5) is 10.2. The average Bonchev–Trinajstić information content (AvgIpc) is 3.38. The van der Waals surface area contributed by atoms with Crippen LogP contribution in [-0.2, 0) is 0 Å². The summed E-state index contributed by atoms with van der Waals surface area (Å²) in [7, 11) is 0. The van der Waals surface area contributed by atoms with Crippen molar-refractivity contribution in [2.24, 2.45) is 0 Å². The molecule has 0 saturated carbocycles. The van der Waals surface area contributed by atoms with Crippen molar-refractivity contribution >= 4 is 5.57 Å². The Labute approximate surface area is 177 Å². The molecule has 2 aromatic heterocycles. The third kappa shape index (κ3) is 3.52. The summed E-state index contributed by atoms with van der Waals surface area (Å²) in [5.74, 6) is -0.220. The Hall–Kier alpha value is -2.98. The summed E-state index contributed by atoms with van der Waals surface area (Å²) in [6, 6.07) is 11.2. The van der Waals surface area contributed by atoms with Crippen LogP contribution in [0.25, 0.3) is 28.0 Å². The second-order valence-corrected chi connectivity index (χ2v) is 8.17. The topological polar surface area (TPSA) is 31.9 Å². The molecular formula is C26H26FN3. The highest BCUT2D eigenvalue weighted by Gasteiger charge is 2.28. The van der Waals surface area contributed by atoms with Crippen LogP contribution in [-0.4, -0.2) is 34.0 Å². The minimum atomic E-state index is -0.220. The molecule has 0 bridgehead atoms. The SMILES string of the molecule is CCCC1=C[C@@H]2C=C(c3c[nH]c(-c4ccc(F)cc4)c3-c3ccncc3)CCN2C1. The number of rotatable bonds is 5. The zero-order valence-corrected chi connectivity index (χ0v) is 17.2. The predicted molar refractivity (Wildman–Crippen MR) is 120 cm³/mol. The number of aromatic nitrogens is 2. The fourth-order valence-electron chi connectivity index (χ4n) is 4.75. The van der Waals surface area contributed by atoms with E-state index in [9.17, 15) is 4.39 Å². The number of nitrogens with zero attached hydrogens (tertiary/aromatic N) is 2. The Morgan fingerprint density at radius 1 is 1.07 bits per heavy atom. The van der Waals surface area contributed by atoms with E-state index in [-0.39, 0.29) is 5.82 Å². The minimum absolute atomic E-state index is 0.220. The van der Waals surface area contributed by atoms with E-state index in [0.717, 1.165) is 36.3 Å². The summed E-state index contributed by atoms with van der Waals surface area (Å²) in [5, 5.41) is 0. The van der Waals surface area contributed by atoms with Crippen LogP contribution in [0.3, 0.4) is 0 Å². The number of benzene rings is 1. The molecule has 1 N–H and O–H groups in total. The van der Waals surface area contributed by atoms with Gasteiger partial charge in [-0.05, 0) is 65.9 Å². The number of nitrogens with one attached hydrogen (secondary N) is 1. The van der Waals surface area contributed by atoms with Gasteiger partial charge in [-0.1, -0.05) is 31.1 Å². The highest BCUT2D eigenvalue weighted by molar-refractivity contribution is 5.91. The van der Waals surface area contributed by atoms with Crippen molar-refractivity contribution in [1.29, 1.82) is 0 Å². The molecule has 4 heterocycles. The number of fused-ring (bicyclic) bond motifs is 1. The van der Waals surface area contributed by atoms with E-state index in [0.29, 0.717) is 6.04 Å². The lowest BCUT2D eigenvalue weighted by Gasteiger charge is -2.28. The highest BCUT2D eigenvalue weighted by Crippen LogP contribution is 2.40. The van der Waals surface area contributed by atoms with Gasteiger partial charge in [0.2, 0.25) is 0 Å². The van der Waals surface area contributed by atoms with Gasteiger partial charge in [0.05, 0.1) is 5.69 Å². The molecule has 0 unspecified atom stereocenters. The van der Waals surface area contributed by atoms with Gasteiger partial charge in [-0.25, -0.2) is 4.39 Å². The summed E-state index contributed by atoms with van der Waals surface area (Å²) < 4.78 is 13.5. The van der Waals surface area contributed by atoms with Gasteiger partial charge in [0, 0.05) is 48.8 Å². The highest BCUT2D eigenvalue weighted by atomic mass is 19.1. The average molecular weight is 400 g/mol. The molecule has 2 aliphatic heterocycles. The third-order valence-electron chi connectivity index (χ3n) is 6.17. The Morgan fingerprint density at radius 2 is 1.87 bits per heavy atom. The number of halogens is 1. The first-order chi connectivity index (χ1) is 14.7. The summed E-state index contributed by atoms with van der Waals surface area (Å²) in [5.41, 5.74) is 8.47. The predicted octanol–water partition coefficient (Wildman–Crippen LogP) is 6.08. The standard InChI is InChI=1S/C26H26FN3/c1-2-3-18-14-23-15-21(10-13-30(23)17-18)24-16-29-26(20-4-6-22(27)7-5-20)25(24)19-8-11-28-12-9-19/h4-9,11-12,14-16,23,29H,2-3,10,13,17H2,1H3/t23-/m1/s1. The van der Waals surface area contributed by atoms with E-state index in [1.807, 2.05) is 36.7 Å². The van der Waals surface area contributed by atoms with Gasteiger partial charge in [0.1, 0.15) is 5.82 Å². The van der Waals surface area contributed by atoms with Gasteiger partial charge in [0.25, 0.3) is 0 Å². The fraction of sp³-hybridized carbons (Fsp3) is 0.269. The van der Waals surface area contributed by atoms with E-state index in [4.69, 9.17) is 0 Å². The molecule has 3 aromatic rings. The van der Waals surface area contributed by atoms with Crippen molar-refractivity contribution in [2.75, 3.05) is 13.1 Å². The molecule has 0 fully saturated rings. The molecule has 0 radical (unpaired) electrons. The molecule has 5 rings (SSSR count). The first kappa shape index (κ1) is 19.0. The zero-order chi connectivity index (χ0) is 20.5. The number of hydrogen-bond acceptors (Lipinski definition) is 2. The minimum Gasteiger partial charge on any atom is -0.360 e. The van der Waals surface area contributed by atoms with Gasteiger partial charge >= 0.3 is 0 Å². The van der Waals surface area contributed by atoms with Crippen molar-refractivity contribution in [2.45, 2.75) is 32.2 Å². The number of pyridine rings is 1. The van der Waals surface area contributed by atoms with Crippen LogP contribution >= 0.6 is 0 Å². The van der Waals surface area contributed by atoms with Crippen molar-refractivity contribution < 1.29 is 4.39 Å². The number of aromatic amines is 1. The summed E-state index contributed by atoms with van der Waals surface area (Å²) in [6.45, 7) is 4.43. The van der Waals surface area contributed by atoms with Gasteiger partial charge in [-0.15, -0.1) is 0 Å². The molecular weight excluding hydrogens is 373 g/mol. The van der Waals surface area contributed by atoms with Crippen molar-refractivity contribution in [3.63, 3.8) is 0 Å². The molecule has 0 saturated heterocycles. The van der Waals surface area contributed by atoms with Crippen LogP contribution in [0.15, 0.2) is 72.7 Å². The molecule has 4 heteroatoms. The Balaban J connectivity index is 1.59. The maximum atomic E-state index is 13.5. The van der Waals surface area contributed by atoms with Crippen molar-refractivity contribution in [3.8, 4) is 22.4 Å². The largest absolute Gasteiger partial charge is 0.360 e. The molecule has 1 atom stereocenters. The molecule has 0 amide bonds. The number of H-pyrrole nitrogens is 1. The maximum Gasteiger partial charge on any atom is 0.123 e. The molecule has 0 spiro atoms. The van der Waals surface area contributed by atoms with Crippen LogP contribution in [0, 0.1) is 5.82 Å². The number of hydrogen-bond donors (Lipinski definition) is 1. The Morgan fingerprint density at radius 3 is 2.63 bits per heavy atom. The van der Waals surface area contributed by atoms with Crippen LogP contribution in [0.2, 0.25) is 0 Å². The third-order valence-corrected chi connectivity index (χ3v) is 6.17. The van der Waals surface area contributed by atoms with E-state index >= 15 is 0 Å². The van der Waals surface area contributed by atoms with E-state index in [1.54, 1.807) is 5.57 Å². The van der Waals surface area contributed by atoms with Crippen LogP contribution in [0.5, 0.6) is 0 Å². The zero-order valence-electron chi connectivity index (χ0n) is 17.2. The molecule has 1 aromatic carbocycles. The second-order valence-electron chi connectivity index (χ2n) is 8.17. The molecule has 0 aliphatic carbocycles. The first-order valence-corrected chi connectivity index (χ1v) is 10.8. The smallest absolute Gasteiger partial charge is 0.123 e. The second kappa shape index (κ2) is 8.04. The Bertz CT molecular complexity index is 1090. The monoisotopic (exact) mass is 399 g/mol. The van der Waals surface area contributed by atoms with Crippen molar-refractivity contribution in [1.82, 2.24) is 14.9 Å². The van der Waals surface area contributed by atoms with Crippen molar-refractivity contribution in [3.05, 3.63) is 84.1 Å². The quantitative estimate of drug-likeness (QED) is 0.527. The normalized spacial score (nSPS) is 18.8. The Kier molecular flexibility index (Phi) is 5.09. The molecule has 30 heavy (non-hydrogen) atoms. The van der Waals surface area contributed by atoms with Gasteiger partial charge in [0.15, 0.2) is 0 Å². The van der Waals surface area contributed by atoms with Gasteiger partial charge < -0.3 is 4.98 Å². The lowest BCUT2D eigenvalue weighted by atomic mass is 9.91.